The molecule has 1 N–H and O–H groups in total. The van der Waals surface area contributed by atoms with Gasteiger partial charge in [0.15, 0.2) is 0 Å². The first kappa shape index (κ1) is 14.8. The maximum Gasteiger partial charge on any atom is 0.242 e. The molecule has 1 heterocycles. The van der Waals surface area contributed by atoms with Crippen molar-refractivity contribution in [3.63, 3.8) is 0 Å². The van der Waals surface area contributed by atoms with Gasteiger partial charge in [-0.3, -0.25) is 4.79 Å². The van der Waals surface area contributed by atoms with Crippen molar-refractivity contribution in [2.24, 2.45) is 0 Å². The van der Waals surface area contributed by atoms with Crippen molar-refractivity contribution in [2.45, 2.75) is 51.6 Å². The quantitative estimate of drug-likeness (QED) is 0.944. The molecule has 1 aliphatic carbocycles. The van der Waals surface area contributed by atoms with Gasteiger partial charge in [-0.25, -0.2) is 4.68 Å². The lowest BCUT2D eigenvalue weighted by Crippen LogP contribution is -2.33. The van der Waals surface area contributed by atoms with E-state index in [-0.39, 0.29) is 18.5 Å². The third-order valence-electron chi connectivity index (χ3n) is 4.26. The molecule has 0 bridgehead atoms. The number of amides is 1. The number of carbonyl (C=O) groups excluding carboxylic acids is 1. The lowest BCUT2D eigenvalue weighted by Gasteiger charge is -2.27. The molecule has 0 saturated heterocycles. The summed E-state index contributed by atoms with van der Waals surface area (Å²) in [6, 6.07) is 6.81. The number of carbonyl (C=O) groups is 1. The summed E-state index contributed by atoms with van der Waals surface area (Å²) in [5.74, 6) is 0.483. The van der Waals surface area contributed by atoms with E-state index in [2.05, 4.69) is 47.7 Å². The average molecular weight is 298 g/mol. The Hall–Kier alpha value is -2.17. The fraction of sp³-hybridized carbons (Fsp3) is 0.471. The zero-order chi connectivity index (χ0) is 15.5. The van der Waals surface area contributed by atoms with Crippen LogP contribution < -0.4 is 5.32 Å². The number of benzene rings is 1. The van der Waals surface area contributed by atoms with Crippen LogP contribution in [0.25, 0.3) is 0 Å². The van der Waals surface area contributed by atoms with Gasteiger partial charge in [-0.2, -0.15) is 0 Å². The number of hydrogen-bond donors (Lipinski definition) is 1. The molecule has 0 spiro atoms. The number of aryl methyl sites for hydroxylation is 1. The second kappa shape index (κ2) is 6.30. The van der Waals surface area contributed by atoms with Gasteiger partial charge in [0.2, 0.25) is 5.91 Å². The van der Waals surface area contributed by atoms with Crippen LogP contribution in [-0.4, -0.2) is 20.9 Å². The minimum Gasteiger partial charge on any atom is -0.348 e. The number of hydrogen-bond acceptors (Lipinski definition) is 3. The first-order chi connectivity index (χ1) is 10.6. The maximum atomic E-state index is 12.2. The minimum atomic E-state index is -0.0155. The van der Waals surface area contributed by atoms with E-state index >= 15 is 0 Å². The fourth-order valence-corrected chi connectivity index (χ4v) is 3.03. The number of aromatic nitrogens is 3. The molecule has 5 nitrogen and oxygen atoms in total. The van der Waals surface area contributed by atoms with Gasteiger partial charge < -0.3 is 5.32 Å². The molecule has 2 aromatic rings. The van der Waals surface area contributed by atoms with Crippen molar-refractivity contribution in [1.29, 1.82) is 0 Å². The Labute approximate surface area is 130 Å². The van der Waals surface area contributed by atoms with Gasteiger partial charge in [0.25, 0.3) is 0 Å². The minimum absolute atomic E-state index is 0.0155. The van der Waals surface area contributed by atoms with E-state index in [0.29, 0.717) is 5.92 Å². The van der Waals surface area contributed by atoms with Crippen LogP contribution in [0.4, 0.5) is 0 Å². The van der Waals surface area contributed by atoms with Gasteiger partial charge in [0, 0.05) is 6.20 Å². The summed E-state index contributed by atoms with van der Waals surface area (Å²) in [6.45, 7) is 4.61. The van der Waals surface area contributed by atoms with Crippen molar-refractivity contribution in [2.75, 3.05) is 0 Å². The van der Waals surface area contributed by atoms with E-state index in [1.807, 2.05) is 0 Å². The van der Waals surface area contributed by atoms with Gasteiger partial charge >= 0.3 is 0 Å². The van der Waals surface area contributed by atoms with E-state index < -0.39 is 0 Å². The molecule has 0 aliphatic heterocycles. The van der Waals surface area contributed by atoms with Gasteiger partial charge in [-0.05, 0) is 41.9 Å². The maximum absolute atomic E-state index is 12.2. The highest BCUT2D eigenvalue weighted by molar-refractivity contribution is 5.76. The predicted molar refractivity (Wildman–Crippen MR) is 84.4 cm³/mol. The summed E-state index contributed by atoms with van der Waals surface area (Å²) in [5.41, 5.74) is 3.97. The standard InChI is InChI=1S/C17H22N4O/c1-12(2)14-7-6-13-4-3-5-16(15(13)10-14)19-17(22)11-21-9-8-18-20-21/h6-10,12,16H,3-5,11H2,1-2H3,(H,19,22)/t16-/m1/s1. The predicted octanol–water partition coefficient (Wildman–Crippen LogP) is 2.60. The Bertz CT molecular complexity index is 649. The molecule has 0 radical (unpaired) electrons. The highest BCUT2D eigenvalue weighted by atomic mass is 16.2. The second-order valence-corrected chi connectivity index (χ2v) is 6.23. The van der Waals surface area contributed by atoms with Crippen LogP contribution in [0.2, 0.25) is 0 Å². The molecule has 1 atom stereocenters. The Morgan fingerprint density at radius 3 is 3.05 bits per heavy atom. The molecule has 1 amide bonds. The summed E-state index contributed by atoms with van der Waals surface area (Å²) in [5, 5.41) is 10.7. The third-order valence-corrected chi connectivity index (χ3v) is 4.26. The zero-order valence-electron chi connectivity index (χ0n) is 13.1. The monoisotopic (exact) mass is 298 g/mol. The molecule has 22 heavy (non-hydrogen) atoms. The Kier molecular flexibility index (Phi) is 4.22. The highest BCUT2D eigenvalue weighted by Gasteiger charge is 2.22. The van der Waals surface area contributed by atoms with Crippen molar-refractivity contribution < 1.29 is 4.79 Å². The molecule has 0 unspecified atom stereocenters. The molecule has 1 aromatic carbocycles. The van der Waals surface area contributed by atoms with Crippen LogP contribution in [0.3, 0.4) is 0 Å². The Morgan fingerprint density at radius 1 is 1.45 bits per heavy atom. The van der Waals surface area contributed by atoms with E-state index in [4.69, 9.17) is 0 Å². The number of fused-ring (bicyclic) bond motifs is 1. The van der Waals surface area contributed by atoms with E-state index in [9.17, 15) is 4.79 Å². The lowest BCUT2D eigenvalue weighted by molar-refractivity contribution is -0.122. The largest absolute Gasteiger partial charge is 0.348 e. The second-order valence-electron chi connectivity index (χ2n) is 6.23. The molecular weight excluding hydrogens is 276 g/mol. The molecule has 1 aromatic heterocycles. The van der Waals surface area contributed by atoms with E-state index in [1.165, 1.54) is 16.7 Å². The zero-order valence-corrected chi connectivity index (χ0v) is 13.1. The normalized spacial score (nSPS) is 17.3. The smallest absolute Gasteiger partial charge is 0.242 e. The van der Waals surface area contributed by atoms with Gasteiger partial charge in [-0.15, -0.1) is 5.10 Å². The van der Waals surface area contributed by atoms with Gasteiger partial charge in [0.1, 0.15) is 6.54 Å². The summed E-state index contributed by atoms with van der Waals surface area (Å²) >= 11 is 0. The topological polar surface area (TPSA) is 59.8 Å². The highest BCUT2D eigenvalue weighted by Crippen LogP contribution is 2.32. The Balaban J connectivity index is 1.75. The molecule has 3 rings (SSSR count). The van der Waals surface area contributed by atoms with Crippen molar-refractivity contribution in [3.8, 4) is 0 Å². The molecule has 116 valence electrons. The van der Waals surface area contributed by atoms with Crippen LogP contribution in [0, 0.1) is 0 Å². The van der Waals surface area contributed by atoms with Crippen molar-refractivity contribution in [1.82, 2.24) is 20.3 Å². The van der Waals surface area contributed by atoms with Crippen LogP contribution in [0.15, 0.2) is 30.6 Å². The molecule has 0 fully saturated rings. The fourth-order valence-electron chi connectivity index (χ4n) is 3.03. The van der Waals surface area contributed by atoms with Crippen LogP contribution in [-0.2, 0) is 17.8 Å². The number of rotatable bonds is 4. The van der Waals surface area contributed by atoms with Crippen LogP contribution in [0.5, 0.6) is 0 Å². The molecule has 5 heteroatoms. The first-order valence-electron chi connectivity index (χ1n) is 7.89. The van der Waals surface area contributed by atoms with E-state index in [1.54, 1.807) is 17.1 Å². The van der Waals surface area contributed by atoms with Crippen LogP contribution >= 0.6 is 0 Å². The molecular formula is C17H22N4O. The summed E-state index contributed by atoms with van der Waals surface area (Å²) in [7, 11) is 0. The SMILES string of the molecule is CC(C)c1ccc2c(c1)[C@H](NC(=O)Cn1ccnn1)CCC2. The van der Waals surface area contributed by atoms with Gasteiger partial charge in [-0.1, -0.05) is 37.3 Å². The summed E-state index contributed by atoms with van der Waals surface area (Å²) in [4.78, 5) is 12.2. The van der Waals surface area contributed by atoms with Gasteiger partial charge in [0.05, 0.1) is 12.2 Å². The molecule has 1 aliphatic rings. The number of nitrogens with zero attached hydrogens (tertiary/aromatic N) is 3. The Morgan fingerprint density at radius 2 is 2.32 bits per heavy atom. The lowest BCUT2D eigenvalue weighted by atomic mass is 9.85. The van der Waals surface area contributed by atoms with Crippen molar-refractivity contribution in [3.05, 3.63) is 47.3 Å². The van der Waals surface area contributed by atoms with E-state index in [0.717, 1.165) is 19.3 Å². The summed E-state index contributed by atoms with van der Waals surface area (Å²) in [6.07, 6.45) is 6.49. The first-order valence-corrected chi connectivity index (χ1v) is 7.89. The molecule has 0 saturated carbocycles. The number of nitrogens with one attached hydrogen (secondary N) is 1. The third kappa shape index (κ3) is 3.18. The summed E-state index contributed by atoms with van der Waals surface area (Å²) < 4.78 is 1.55. The van der Waals surface area contributed by atoms with Crippen LogP contribution in [0.1, 0.15) is 55.3 Å². The average Bonchev–Trinajstić information content (AvgIpc) is 2.99. The van der Waals surface area contributed by atoms with Crippen molar-refractivity contribution >= 4 is 5.91 Å².